The van der Waals surface area contributed by atoms with Crippen LogP contribution in [0.4, 0.5) is 14.8 Å². The largest absolute Gasteiger partial charge is 0.444 e. The van der Waals surface area contributed by atoms with Crippen LogP contribution in [-0.2, 0) is 49.8 Å². The highest BCUT2D eigenvalue weighted by Gasteiger charge is 2.32. The van der Waals surface area contributed by atoms with Crippen molar-refractivity contribution in [1.82, 2.24) is 30.8 Å². The van der Waals surface area contributed by atoms with Crippen molar-refractivity contribution in [3.05, 3.63) is 69.4 Å². The van der Waals surface area contributed by atoms with Gasteiger partial charge in [-0.3, -0.25) is 19.2 Å². The first-order valence-electron chi connectivity index (χ1n) is 21.1. The van der Waals surface area contributed by atoms with Crippen LogP contribution in [-0.4, -0.2) is 76.4 Å². The first-order valence-corrected chi connectivity index (χ1v) is 24.4. The van der Waals surface area contributed by atoms with Gasteiger partial charge in [0.25, 0.3) is 0 Å². The SMILES string of the molecule is CCC(=O)NCCC(=O)Nc1sc2c(c1-c1nc3ccccc3s1)CCN(C(=O)OC(C)(C)C)C2.CCC(=O)NCCC(=O)Nc1sc2c(c1-c1nc3ccccc3s1)CCNC2. The van der Waals surface area contributed by atoms with E-state index in [0.717, 1.165) is 81.5 Å². The lowest BCUT2D eigenvalue weighted by atomic mass is 10.0. The highest BCUT2D eigenvalue weighted by molar-refractivity contribution is 7.23. The third-order valence-corrected chi connectivity index (χ3v) is 14.5. The summed E-state index contributed by atoms with van der Waals surface area (Å²) in [5.74, 6) is -0.390. The Bertz CT molecular complexity index is 2570. The number of amides is 5. The molecule has 6 aromatic rings. The minimum Gasteiger partial charge on any atom is -0.444 e. The molecular weight excluding hydrogens is 877 g/mol. The first kappa shape index (κ1) is 45.7. The van der Waals surface area contributed by atoms with E-state index in [1.54, 1.807) is 52.8 Å². The predicted molar refractivity (Wildman–Crippen MR) is 255 cm³/mol. The van der Waals surface area contributed by atoms with Crippen LogP contribution in [0.2, 0.25) is 0 Å². The number of carbonyl (C=O) groups is 5. The van der Waals surface area contributed by atoms with Crippen LogP contribution in [0.25, 0.3) is 41.6 Å². The molecule has 5 amide bonds. The molecule has 0 saturated heterocycles. The Morgan fingerprint density at radius 2 is 1.21 bits per heavy atom. The molecule has 0 saturated carbocycles. The third-order valence-electron chi connectivity index (χ3n) is 10.1. The highest BCUT2D eigenvalue weighted by Crippen LogP contribution is 2.47. The summed E-state index contributed by atoms with van der Waals surface area (Å²) in [7, 11) is 0. The molecule has 0 bridgehead atoms. The van der Waals surface area contributed by atoms with Crippen molar-refractivity contribution >= 4 is 106 Å². The predicted octanol–water partition coefficient (Wildman–Crippen LogP) is 8.70. The van der Waals surface area contributed by atoms with E-state index in [9.17, 15) is 24.0 Å². The summed E-state index contributed by atoms with van der Waals surface area (Å²) in [4.78, 5) is 74.4. The van der Waals surface area contributed by atoms with Crippen LogP contribution in [0.15, 0.2) is 48.5 Å². The zero-order valence-corrected chi connectivity index (χ0v) is 39.3. The number of rotatable bonds is 12. The zero-order chi connectivity index (χ0) is 44.7. The summed E-state index contributed by atoms with van der Waals surface area (Å²) >= 11 is 6.35. The molecule has 5 N–H and O–H groups in total. The summed E-state index contributed by atoms with van der Waals surface area (Å²) in [5.41, 5.74) is 5.73. The molecule has 2 aliphatic rings. The molecule has 63 heavy (non-hydrogen) atoms. The number of anilines is 2. The Balaban J connectivity index is 0.000000193. The van der Waals surface area contributed by atoms with Gasteiger partial charge in [0.2, 0.25) is 23.6 Å². The van der Waals surface area contributed by atoms with Crippen LogP contribution in [0.1, 0.15) is 81.2 Å². The van der Waals surface area contributed by atoms with Crippen molar-refractivity contribution in [3.63, 3.8) is 0 Å². The lowest BCUT2D eigenvalue weighted by Crippen LogP contribution is -2.39. The van der Waals surface area contributed by atoms with Gasteiger partial charge in [-0.05, 0) is 75.5 Å². The van der Waals surface area contributed by atoms with Gasteiger partial charge in [-0.15, -0.1) is 45.3 Å². The number of thiophene rings is 2. The average molecular weight is 929 g/mol. The van der Waals surface area contributed by atoms with E-state index in [1.165, 1.54) is 21.8 Å². The minimum absolute atomic E-state index is 0.0411. The summed E-state index contributed by atoms with van der Waals surface area (Å²) in [5, 5.41) is 18.4. The van der Waals surface area contributed by atoms with Gasteiger partial charge < -0.3 is 36.2 Å². The van der Waals surface area contributed by atoms with Gasteiger partial charge in [-0.25, -0.2) is 14.8 Å². The van der Waals surface area contributed by atoms with Gasteiger partial charge in [0.1, 0.15) is 25.6 Å². The number of ether oxygens (including phenoxy) is 1. The number of hydrogen-bond acceptors (Lipinski definition) is 13. The maximum absolute atomic E-state index is 12.7. The molecule has 8 rings (SSSR count). The number of hydrogen-bond donors (Lipinski definition) is 5. The van der Waals surface area contributed by atoms with E-state index in [-0.39, 0.29) is 49.1 Å². The molecule has 4 aromatic heterocycles. The molecule has 332 valence electrons. The Morgan fingerprint density at radius 3 is 1.71 bits per heavy atom. The number of thiazole rings is 2. The van der Waals surface area contributed by atoms with Crippen molar-refractivity contribution in [1.29, 1.82) is 0 Å². The third kappa shape index (κ3) is 11.5. The van der Waals surface area contributed by atoms with Crippen molar-refractivity contribution in [3.8, 4) is 21.1 Å². The van der Waals surface area contributed by atoms with E-state index in [1.807, 2.05) is 63.2 Å². The lowest BCUT2D eigenvalue weighted by molar-refractivity contribution is -0.122. The molecule has 0 aliphatic carbocycles. The molecule has 18 heteroatoms. The molecule has 0 spiro atoms. The molecule has 14 nitrogen and oxygen atoms in total. The second-order valence-corrected chi connectivity index (χ2v) is 20.2. The van der Waals surface area contributed by atoms with Crippen molar-refractivity contribution in [2.75, 3.05) is 36.8 Å². The number of nitrogens with one attached hydrogen (secondary N) is 5. The monoisotopic (exact) mass is 928 g/mol. The minimum atomic E-state index is -0.564. The fourth-order valence-electron chi connectivity index (χ4n) is 7.07. The lowest BCUT2D eigenvalue weighted by Gasteiger charge is -2.30. The Labute approximate surface area is 382 Å². The van der Waals surface area contributed by atoms with Gasteiger partial charge in [-0.2, -0.15) is 0 Å². The Morgan fingerprint density at radius 1 is 0.698 bits per heavy atom. The van der Waals surface area contributed by atoms with Gasteiger partial charge in [-0.1, -0.05) is 38.1 Å². The summed E-state index contributed by atoms with van der Waals surface area (Å²) < 4.78 is 7.79. The number of benzene rings is 2. The van der Waals surface area contributed by atoms with E-state index < -0.39 is 5.60 Å². The summed E-state index contributed by atoms with van der Waals surface area (Å²) in [6.07, 6.45) is 2.49. The fourth-order valence-corrected chi connectivity index (χ4v) is 11.8. The summed E-state index contributed by atoms with van der Waals surface area (Å²) in [6, 6.07) is 16.1. The van der Waals surface area contributed by atoms with Crippen molar-refractivity contribution < 1.29 is 28.7 Å². The van der Waals surface area contributed by atoms with Crippen LogP contribution in [0, 0.1) is 0 Å². The quantitative estimate of drug-likeness (QED) is 0.0802. The second kappa shape index (κ2) is 20.5. The van der Waals surface area contributed by atoms with Gasteiger partial charge in [0, 0.05) is 72.7 Å². The smallest absolute Gasteiger partial charge is 0.410 e. The topological polar surface area (TPSA) is 184 Å². The van der Waals surface area contributed by atoms with Crippen molar-refractivity contribution in [2.24, 2.45) is 0 Å². The van der Waals surface area contributed by atoms with E-state index >= 15 is 0 Å². The van der Waals surface area contributed by atoms with Crippen LogP contribution in [0.3, 0.4) is 0 Å². The van der Waals surface area contributed by atoms with Crippen LogP contribution >= 0.6 is 45.3 Å². The first-order chi connectivity index (χ1) is 30.3. The molecule has 2 aliphatic heterocycles. The normalized spacial score (nSPS) is 13.4. The molecule has 0 fully saturated rings. The van der Waals surface area contributed by atoms with E-state index in [2.05, 4.69) is 32.7 Å². The second-order valence-electron chi connectivity index (χ2n) is 16.0. The molecular formula is C45H52N8O6S4. The zero-order valence-electron chi connectivity index (χ0n) is 36.0. The fraction of sp³-hybridized carbons (Fsp3) is 0.400. The molecule has 6 heterocycles. The Kier molecular flexibility index (Phi) is 14.9. The maximum atomic E-state index is 12.7. The highest BCUT2D eigenvalue weighted by atomic mass is 32.1. The van der Waals surface area contributed by atoms with E-state index in [0.29, 0.717) is 38.9 Å². The van der Waals surface area contributed by atoms with Gasteiger partial charge in [0.05, 0.1) is 27.0 Å². The summed E-state index contributed by atoms with van der Waals surface area (Å²) in [6.45, 7) is 12.5. The number of carbonyl (C=O) groups excluding carboxylic acids is 5. The maximum Gasteiger partial charge on any atom is 0.410 e. The average Bonchev–Trinajstić information content (AvgIpc) is 4.04. The van der Waals surface area contributed by atoms with Crippen molar-refractivity contribution in [2.45, 2.75) is 91.8 Å². The number of nitrogens with zero attached hydrogens (tertiary/aromatic N) is 3. The number of aromatic nitrogens is 2. The number of fused-ring (bicyclic) bond motifs is 4. The number of para-hydroxylation sites is 2. The van der Waals surface area contributed by atoms with Crippen LogP contribution in [0.5, 0.6) is 0 Å². The molecule has 0 atom stereocenters. The molecule has 0 unspecified atom stereocenters. The standard InChI is InChI=1S/C25H30N4O4S2.C20H22N4O2S2/c1-5-19(30)26-12-10-20(31)28-23-21(22-27-16-8-6-7-9-17(16)34-22)15-11-13-29(14-18(15)35-23)24(32)33-25(2,3)4;1-2-16(25)22-10-8-17(26)24-20-18(12-7-9-21-11-15(12)28-20)19-23-13-5-3-4-6-14(13)27-19/h6-9H,5,10-14H2,1-4H3,(H,26,30)(H,28,31);3-6,21H,2,7-11H2,1H3,(H,22,25)(H,24,26). The van der Waals surface area contributed by atoms with Gasteiger partial charge in [0.15, 0.2) is 0 Å². The van der Waals surface area contributed by atoms with Gasteiger partial charge >= 0.3 is 6.09 Å². The van der Waals surface area contributed by atoms with Crippen LogP contribution < -0.4 is 26.6 Å². The molecule has 2 aromatic carbocycles. The van der Waals surface area contributed by atoms with E-state index in [4.69, 9.17) is 14.7 Å². The Hall–Kier alpha value is -5.27. The molecule has 0 radical (unpaired) electrons.